The summed E-state index contributed by atoms with van der Waals surface area (Å²) in [6.45, 7) is 5.88. The Kier molecular flexibility index (Phi) is 7.41. The van der Waals surface area contributed by atoms with Crippen molar-refractivity contribution in [3.05, 3.63) is 77.5 Å². The Morgan fingerprint density at radius 2 is 1.97 bits per heavy atom. The number of carbonyl (C=O) groups is 1. The first kappa shape index (κ1) is 26.0. The van der Waals surface area contributed by atoms with Gasteiger partial charge in [0.1, 0.15) is 17.7 Å². The molecule has 2 aromatic carbocycles. The van der Waals surface area contributed by atoms with E-state index in [4.69, 9.17) is 4.74 Å². The molecule has 0 unspecified atom stereocenters. The highest BCUT2D eigenvalue weighted by Gasteiger charge is 2.20. The zero-order valence-electron chi connectivity index (χ0n) is 20.7. The van der Waals surface area contributed by atoms with Crippen LogP contribution in [0, 0.1) is 19.7 Å². The van der Waals surface area contributed by atoms with Gasteiger partial charge in [0.2, 0.25) is 0 Å². The number of fused-ring (bicyclic) bond motifs is 1. The minimum absolute atomic E-state index is 0.176. The number of nitrogens with zero attached hydrogens (tertiary/aromatic N) is 3. The van der Waals surface area contributed by atoms with E-state index in [0.29, 0.717) is 34.8 Å². The van der Waals surface area contributed by atoms with Crippen LogP contribution in [0.3, 0.4) is 0 Å². The third-order valence-electron chi connectivity index (χ3n) is 5.71. The molecule has 0 saturated heterocycles. The van der Waals surface area contributed by atoms with Crippen molar-refractivity contribution in [1.82, 2.24) is 19.9 Å². The number of methoxy groups -OCH3 is 1. The summed E-state index contributed by atoms with van der Waals surface area (Å²) in [6.07, 6.45) is 2.98. The molecule has 2 heterocycles. The number of ether oxygens (including phenoxy) is 1. The van der Waals surface area contributed by atoms with Gasteiger partial charge in [-0.15, -0.1) is 0 Å². The van der Waals surface area contributed by atoms with Crippen molar-refractivity contribution in [1.29, 1.82) is 0 Å². The summed E-state index contributed by atoms with van der Waals surface area (Å²) in [5.74, 6) is -0.473. The lowest BCUT2D eigenvalue weighted by Crippen LogP contribution is -2.35. The number of hydrogen-bond acceptors (Lipinski definition) is 7. The van der Waals surface area contributed by atoms with Gasteiger partial charge in [0, 0.05) is 25.0 Å². The number of aryl methyl sites for hydroxylation is 2. The molecule has 0 spiro atoms. The van der Waals surface area contributed by atoms with E-state index >= 15 is 0 Å². The number of halogens is 1. The minimum atomic E-state index is -4.00. The SMILES string of the molecule is COC[C@H](C)NC(=O)c1cn2ncnc(Nc3cc(NS(=O)(=O)c4cccc(F)c4)ccc3C)c2c1C. The van der Waals surface area contributed by atoms with E-state index in [2.05, 4.69) is 25.4 Å². The molecule has 0 aliphatic carbocycles. The van der Waals surface area contributed by atoms with E-state index in [1.807, 2.05) is 13.8 Å². The van der Waals surface area contributed by atoms with Crippen LogP contribution in [0.4, 0.5) is 21.6 Å². The Balaban J connectivity index is 1.64. The molecular formula is C25H27FN6O4S. The first-order valence-electron chi connectivity index (χ1n) is 11.4. The molecular weight excluding hydrogens is 499 g/mol. The van der Waals surface area contributed by atoms with Crippen molar-refractivity contribution in [2.24, 2.45) is 0 Å². The average molecular weight is 527 g/mol. The lowest BCUT2D eigenvalue weighted by molar-refractivity contribution is 0.0905. The summed E-state index contributed by atoms with van der Waals surface area (Å²) in [6, 6.07) is 9.56. The van der Waals surface area contributed by atoms with Crippen molar-refractivity contribution in [2.45, 2.75) is 31.7 Å². The minimum Gasteiger partial charge on any atom is -0.383 e. The number of carbonyl (C=O) groups excluding carboxylic acids is 1. The molecule has 4 aromatic rings. The van der Waals surface area contributed by atoms with Crippen LogP contribution in [0.1, 0.15) is 28.4 Å². The van der Waals surface area contributed by atoms with E-state index in [0.717, 1.165) is 11.6 Å². The second kappa shape index (κ2) is 10.5. The molecule has 2 aromatic heterocycles. The highest BCUT2D eigenvalue weighted by atomic mass is 32.2. The van der Waals surface area contributed by atoms with Crippen LogP contribution < -0.4 is 15.4 Å². The van der Waals surface area contributed by atoms with Crippen LogP contribution >= 0.6 is 0 Å². The van der Waals surface area contributed by atoms with Crippen LogP contribution in [0.2, 0.25) is 0 Å². The Morgan fingerprint density at radius 3 is 2.70 bits per heavy atom. The first-order chi connectivity index (χ1) is 17.6. The Labute approximate surface area is 213 Å². The van der Waals surface area contributed by atoms with Crippen LogP contribution in [0.15, 0.2) is 59.9 Å². The summed E-state index contributed by atoms with van der Waals surface area (Å²) >= 11 is 0. The number of hydrogen-bond donors (Lipinski definition) is 3. The number of benzene rings is 2. The van der Waals surface area contributed by atoms with Crippen molar-refractivity contribution in [3.63, 3.8) is 0 Å². The summed E-state index contributed by atoms with van der Waals surface area (Å²) in [5, 5.41) is 10.3. The lowest BCUT2D eigenvalue weighted by atomic mass is 10.1. The predicted molar refractivity (Wildman–Crippen MR) is 138 cm³/mol. The Bertz CT molecular complexity index is 1570. The summed E-state index contributed by atoms with van der Waals surface area (Å²) < 4.78 is 48.2. The van der Waals surface area contributed by atoms with Crippen LogP contribution in [0.5, 0.6) is 0 Å². The monoisotopic (exact) mass is 526 g/mol. The standard InChI is InChI=1S/C25H27FN6O4S/c1-15-8-9-19(31-37(34,35)20-7-5-6-18(26)10-20)11-22(15)30-24-23-17(3)21(12-32(23)28-14-27-24)25(33)29-16(2)13-36-4/h5-12,14,16,31H,13H2,1-4H3,(H,29,33)(H,27,28,30)/t16-/m0/s1. The van der Waals surface area contributed by atoms with Gasteiger partial charge in [-0.25, -0.2) is 22.3 Å². The quantitative estimate of drug-likeness (QED) is 0.303. The fraction of sp³-hybridized carbons (Fsp3) is 0.240. The number of aromatic nitrogens is 3. The highest BCUT2D eigenvalue weighted by molar-refractivity contribution is 7.92. The smallest absolute Gasteiger partial charge is 0.261 e. The fourth-order valence-electron chi connectivity index (χ4n) is 3.87. The number of rotatable bonds is 9. The molecule has 0 aliphatic rings. The maximum atomic E-state index is 13.6. The lowest BCUT2D eigenvalue weighted by Gasteiger charge is -2.14. The number of nitrogens with one attached hydrogen (secondary N) is 3. The van der Waals surface area contributed by atoms with Crippen LogP contribution in [-0.2, 0) is 14.8 Å². The molecule has 0 saturated carbocycles. The van der Waals surface area contributed by atoms with Gasteiger partial charge >= 0.3 is 0 Å². The predicted octanol–water partition coefficient (Wildman–Crippen LogP) is 3.79. The summed E-state index contributed by atoms with van der Waals surface area (Å²) in [4.78, 5) is 17.0. The highest BCUT2D eigenvalue weighted by Crippen LogP contribution is 2.29. The van der Waals surface area contributed by atoms with E-state index in [1.54, 1.807) is 42.9 Å². The Morgan fingerprint density at radius 1 is 1.19 bits per heavy atom. The van der Waals surface area contributed by atoms with E-state index < -0.39 is 15.8 Å². The molecule has 3 N–H and O–H groups in total. The average Bonchev–Trinajstić information content (AvgIpc) is 3.18. The normalized spacial score (nSPS) is 12.4. The molecule has 0 fully saturated rings. The molecule has 12 heteroatoms. The third kappa shape index (κ3) is 5.70. The van der Waals surface area contributed by atoms with Gasteiger partial charge in [-0.05, 0) is 62.2 Å². The van der Waals surface area contributed by atoms with E-state index in [-0.39, 0.29) is 22.5 Å². The van der Waals surface area contributed by atoms with Gasteiger partial charge in [0.15, 0.2) is 5.82 Å². The number of sulfonamides is 1. The van der Waals surface area contributed by atoms with Gasteiger partial charge < -0.3 is 15.4 Å². The molecule has 0 aliphatic heterocycles. The largest absolute Gasteiger partial charge is 0.383 e. The van der Waals surface area contributed by atoms with E-state index in [1.165, 1.54) is 24.5 Å². The van der Waals surface area contributed by atoms with Crippen molar-refractivity contribution >= 4 is 38.6 Å². The second-order valence-electron chi connectivity index (χ2n) is 8.62. The van der Waals surface area contributed by atoms with Gasteiger partial charge in [0.25, 0.3) is 15.9 Å². The molecule has 1 amide bonds. The van der Waals surface area contributed by atoms with Crippen LogP contribution in [0.25, 0.3) is 5.52 Å². The summed E-state index contributed by atoms with van der Waals surface area (Å²) in [7, 11) is -2.43. The van der Waals surface area contributed by atoms with Crippen molar-refractivity contribution in [2.75, 3.05) is 23.8 Å². The third-order valence-corrected chi connectivity index (χ3v) is 7.09. The number of anilines is 3. The molecule has 0 radical (unpaired) electrons. The maximum absolute atomic E-state index is 13.6. The molecule has 194 valence electrons. The maximum Gasteiger partial charge on any atom is 0.261 e. The van der Waals surface area contributed by atoms with Crippen molar-refractivity contribution in [3.8, 4) is 0 Å². The second-order valence-corrected chi connectivity index (χ2v) is 10.3. The van der Waals surface area contributed by atoms with Gasteiger partial charge in [-0.1, -0.05) is 12.1 Å². The van der Waals surface area contributed by atoms with Gasteiger partial charge in [0.05, 0.1) is 22.8 Å². The van der Waals surface area contributed by atoms with Crippen LogP contribution in [-0.4, -0.2) is 48.7 Å². The molecule has 10 nitrogen and oxygen atoms in total. The number of amides is 1. The summed E-state index contributed by atoms with van der Waals surface area (Å²) in [5.41, 5.74) is 3.39. The van der Waals surface area contributed by atoms with Crippen molar-refractivity contribution < 1.29 is 22.3 Å². The fourth-order valence-corrected chi connectivity index (χ4v) is 4.95. The molecule has 37 heavy (non-hydrogen) atoms. The zero-order chi connectivity index (χ0) is 26.7. The zero-order valence-corrected chi connectivity index (χ0v) is 21.6. The molecule has 0 bridgehead atoms. The van der Waals surface area contributed by atoms with E-state index in [9.17, 15) is 17.6 Å². The van der Waals surface area contributed by atoms with Gasteiger partial charge in [-0.3, -0.25) is 9.52 Å². The Hall–Kier alpha value is -4.03. The van der Waals surface area contributed by atoms with Gasteiger partial charge in [-0.2, -0.15) is 5.10 Å². The topological polar surface area (TPSA) is 127 Å². The molecule has 1 atom stereocenters. The first-order valence-corrected chi connectivity index (χ1v) is 12.9. The molecule has 4 rings (SSSR count).